The largest absolute Gasteiger partial charge is 0.349 e. The zero-order chi connectivity index (χ0) is 15.5. The third-order valence-corrected chi connectivity index (χ3v) is 3.86. The van der Waals surface area contributed by atoms with Gasteiger partial charge in [-0.25, -0.2) is 4.39 Å². The smallest absolute Gasteiger partial charge is 0.252 e. The molecule has 2 rings (SSSR count). The minimum atomic E-state index is -0.440. The van der Waals surface area contributed by atoms with E-state index in [4.69, 9.17) is 5.73 Å². The lowest BCUT2D eigenvalue weighted by atomic mass is 9.92. The molecule has 21 heavy (non-hydrogen) atoms. The number of rotatable bonds is 2. The summed E-state index contributed by atoms with van der Waals surface area (Å²) in [6, 6.07) is 4.20. The van der Waals surface area contributed by atoms with Crippen molar-refractivity contribution in [2.45, 2.75) is 39.2 Å². The fourth-order valence-corrected chi connectivity index (χ4v) is 2.78. The van der Waals surface area contributed by atoms with Gasteiger partial charge >= 0.3 is 0 Å². The minimum Gasteiger partial charge on any atom is -0.349 e. The van der Waals surface area contributed by atoms with E-state index in [1.54, 1.807) is 0 Å². The first-order chi connectivity index (χ1) is 9.91. The molecule has 0 aliphatic heterocycles. The second-order valence-corrected chi connectivity index (χ2v) is 6.27. The minimum absolute atomic E-state index is 0.145. The molecule has 0 spiro atoms. The molecule has 1 atom stereocenters. The Morgan fingerprint density at radius 1 is 1.52 bits per heavy atom. The first-order valence-corrected chi connectivity index (χ1v) is 7.21. The average molecular weight is 288 g/mol. The molecule has 1 amide bonds. The fourth-order valence-electron chi connectivity index (χ4n) is 2.78. The van der Waals surface area contributed by atoms with Crippen LogP contribution >= 0.6 is 0 Å². The van der Waals surface area contributed by atoms with Crippen molar-refractivity contribution in [1.82, 2.24) is 5.32 Å². The van der Waals surface area contributed by atoms with E-state index in [0.717, 1.165) is 19.3 Å². The van der Waals surface area contributed by atoms with Gasteiger partial charge in [-0.1, -0.05) is 25.7 Å². The number of carbonyl (C=O) groups excluding carboxylic acids is 1. The molecule has 1 unspecified atom stereocenters. The maximum absolute atomic E-state index is 13.4. The summed E-state index contributed by atoms with van der Waals surface area (Å²) in [4.78, 5) is 12.4. The van der Waals surface area contributed by atoms with Gasteiger partial charge in [-0.15, -0.1) is 0 Å². The van der Waals surface area contributed by atoms with Crippen molar-refractivity contribution in [3.8, 4) is 11.8 Å². The van der Waals surface area contributed by atoms with Crippen molar-refractivity contribution in [2.24, 2.45) is 11.1 Å². The molecule has 1 saturated carbocycles. The number of nitrogens with one attached hydrogen (secondary N) is 1. The van der Waals surface area contributed by atoms with Gasteiger partial charge in [-0.3, -0.25) is 4.79 Å². The Kier molecular flexibility index (Phi) is 4.64. The highest BCUT2D eigenvalue weighted by molar-refractivity contribution is 5.97. The van der Waals surface area contributed by atoms with Crippen molar-refractivity contribution in [3.63, 3.8) is 0 Å². The monoisotopic (exact) mass is 288 g/mol. The molecule has 3 N–H and O–H groups in total. The number of benzene rings is 1. The molecule has 1 fully saturated rings. The van der Waals surface area contributed by atoms with Crippen molar-refractivity contribution in [2.75, 3.05) is 6.54 Å². The molecule has 1 aliphatic rings. The van der Waals surface area contributed by atoms with Gasteiger partial charge in [0, 0.05) is 11.6 Å². The summed E-state index contributed by atoms with van der Waals surface area (Å²) in [6.07, 6.45) is 2.98. The third-order valence-electron chi connectivity index (χ3n) is 3.86. The SMILES string of the molecule is CC1(C)CCC(NC(=O)c2cc(F)ccc2C#CCN)C1. The topological polar surface area (TPSA) is 55.1 Å². The predicted molar refractivity (Wildman–Crippen MR) is 81.2 cm³/mol. The van der Waals surface area contributed by atoms with Gasteiger partial charge in [-0.2, -0.15) is 0 Å². The van der Waals surface area contributed by atoms with Gasteiger partial charge in [0.2, 0.25) is 0 Å². The second kappa shape index (κ2) is 6.28. The van der Waals surface area contributed by atoms with Crippen LogP contribution in [0.4, 0.5) is 4.39 Å². The molecule has 4 heteroatoms. The highest BCUT2D eigenvalue weighted by atomic mass is 19.1. The maximum atomic E-state index is 13.4. The molecule has 0 saturated heterocycles. The lowest BCUT2D eigenvalue weighted by Gasteiger charge is -2.18. The summed E-state index contributed by atoms with van der Waals surface area (Å²) >= 11 is 0. The number of hydrogen-bond donors (Lipinski definition) is 2. The van der Waals surface area contributed by atoms with E-state index in [2.05, 4.69) is 31.0 Å². The number of nitrogens with two attached hydrogens (primary N) is 1. The Morgan fingerprint density at radius 3 is 2.90 bits per heavy atom. The van der Waals surface area contributed by atoms with Gasteiger partial charge in [-0.05, 0) is 42.9 Å². The first kappa shape index (κ1) is 15.5. The van der Waals surface area contributed by atoms with Crippen molar-refractivity contribution in [3.05, 3.63) is 35.1 Å². The van der Waals surface area contributed by atoms with Gasteiger partial charge < -0.3 is 11.1 Å². The molecule has 1 aromatic carbocycles. The maximum Gasteiger partial charge on any atom is 0.252 e. The lowest BCUT2D eigenvalue weighted by Crippen LogP contribution is -2.34. The molecule has 0 radical (unpaired) electrons. The van der Waals surface area contributed by atoms with Crippen LogP contribution in [0.15, 0.2) is 18.2 Å². The highest BCUT2D eigenvalue weighted by Gasteiger charge is 2.32. The van der Waals surface area contributed by atoms with Crippen LogP contribution in [0, 0.1) is 23.1 Å². The Bertz CT molecular complexity index is 599. The van der Waals surface area contributed by atoms with Gasteiger partial charge in [0.15, 0.2) is 0 Å². The number of carbonyl (C=O) groups is 1. The van der Waals surface area contributed by atoms with E-state index >= 15 is 0 Å². The zero-order valence-corrected chi connectivity index (χ0v) is 12.5. The number of halogens is 1. The van der Waals surface area contributed by atoms with E-state index in [1.807, 2.05) is 0 Å². The second-order valence-electron chi connectivity index (χ2n) is 6.27. The predicted octanol–water partition coefficient (Wildman–Crippen LogP) is 2.44. The Labute approximate surface area is 125 Å². The van der Waals surface area contributed by atoms with Crippen LogP contribution in [0.3, 0.4) is 0 Å². The van der Waals surface area contributed by atoms with Crippen LogP contribution in [0.2, 0.25) is 0 Å². The molecule has 112 valence electrons. The first-order valence-electron chi connectivity index (χ1n) is 7.21. The Balaban J connectivity index is 2.17. The molecule has 1 aliphatic carbocycles. The summed E-state index contributed by atoms with van der Waals surface area (Å²) in [5.41, 5.74) is 6.39. The molecule has 1 aromatic rings. The molecular weight excluding hydrogens is 267 g/mol. The summed E-state index contributed by atoms with van der Waals surface area (Å²) in [5.74, 6) is 4.82. The summed E-state index contributed by atoms with van der Waals surface area (Å²) in [7, 11) is 0. The fraction of sp³-hybridized carbons (Fsp3) is 0.471. The van der Waals surface area contributed by atoms with Crippen molar-refractivity contribution < 1.29 is 9.18 Å². The molecular formula is C17H21FN2O. The van der Waals surface area contributed by atoms with Crippen LogP contribution in [0.25, 0.3) is 0 Å². The standard InChI is InChI=1S/C17H21FN2O/c1-17(2)8-7-14(11-17)20-16(21)15-10-13(18)6-5-12(15)4-3-9-19/h5-6,10,14H,7-9,11,19H2,1-2H3,(H,20,21). The van der Waals surface area contributed by atoms with Crippen molar-refractivity contribution >= 4 is 5.91 Å². The molecule has 0 heterocycles. The zero-order valence-electron chi connectivity index (χ0n) is 12.5. The lowest BCUT2D eigenvalue weighted by molar-refractivity contribution is 0.0935. The van der Waals surface area contributed by atoms with Crippen molar-refractivity contribution in [1.29, 1.82) is 0 Å². The van der Waals surface area contributed by atoms with Gasteiger partial charge in [0.1, 0.15) is 5.82 Å². The highest BCUT2D eigenvalue weighted by Crippen LogP contribution is 2.37. The average Bonchev–Trinajstić information content (AvgIpc) is 2.76. The van der Waals surface area contributed by atoms with Crippen LogP contribution in [-0.2, 0) is 0 Å². The van der Waals surface area contributed by atoms with E-state index in [1.165, 1.54) is 18.2 Å². The quantitative estimate of drug-likeness (QED) is 0.821. The van der Waals surface area contributed by atoms with Crippen LogP contribution < -0.4 is 11.1 Å². The summed E-state index contributed by atoms with van der Waals surface area (Å²) in [6.45, 7) is 4.59. The van der Waals surface area contributed by atoms with Crippen LogP contribution in [0.5, 0.6) is 0 Å². The molecule has 3 nitrogen and oxygen atoms in total. The van der Waals surface area contributed by atoms with E-state index in [-0.39, 0.29) is 29.5 Å². The van der Waals surface area contributed by atoms with E-state index in [9.17, 15) is 9.18 Å². The Morgan fingerprint density at radius 2 is 2.29 bits per heavy atom. The summed E-state index contributed by atoms with van der Waals surface area (Å²) in [5, 5.41) is 2.99. The third kappa shape index (κ3) is 4.05. The van der Waals surface area contributed by atoms with Gasteiger partial charge in [0.05, 0.1) is 12.1 Å². The Hall–Kier alpha value is -1.86. The van der Waals surface area contributed by atoms with Gasteiger partial charge in [0.25, 0.3) is 5.91 Å². The number of hydrogen-bond acceptors (Lipinski definition) is 2. The number of amides is 1. The van der Waals surface area contributed by atoms with E-state index < -0.39 is 5.82 Å². The van der Waals surface area contributed by atoms with Crippen LogP contribution in [-0.4, -0.2) is 18.5 Å². The summed E-state index contributed by atoms with van der Waals surface area (Å²) < 4.78 is 13.4. The van der Waals surface area contributed by atoms with Crippen LogP contribution in [0.1, 0.15) is 49.0 Å². The van der Waals surface area contributed by atoms with E-state index in [0.29, 0.717) is 5.56 Å². The normalized spacial score (nSPS) is 19.7. The molecule has 0 aromatic heterocycles. The molecule has 0 bridgehead atoms.